The fourth-order valence-corrected chi connectivity index (χ4v) is 4.95. The highest BCUT2D eigenvalue weighted by molar-refractivity contribution is 7.17. The number of primary amides is 1. The Morgan fingerprint density at radius 3 is 2.47 bits per heavy atom. The molecule has 0 saturated carbocycles. The number of fused-ring (bicyclic) bond motifs is 1. The van der Waals surface area contributed by atoms with Crippen molar-refractivity contribution in [3.8, 4) is 0 Å². The van der Waals surface area contributed by atoms with Crippen molar-refractivity contribution < 1.29 is 28.7 Å². The second-order valence-corrected chi connectivity index (χ2v) is 8.13. The van der Waals surface area contributed by atoms with E-state index < -0.39 is 30.4 Å². The first kappa shape index (κ1) is 21.6. The van der Waals surface area contributed by atoms with Crippen molar-refractivity contribution in [2.24, 2.45) is 5.73 Å². The summed E-state index contributed by atoms with van der Waals surface area (Å²) in [6.07, 6.45) is 3.60. The van der Waals surface area contributed by atoms with Gasteiger partial charge >= 0.3 is 11.9 Å². The van der Waals surface area contributed by atoms with Gasteiger partial charge in [0.15, 0.2) is 6.61 Å². The number of nitrogens with one attached hydrogen (secondary N) is 2. The summed E-state index contributed by atoms with van der Waals surface area (Å²) in [6, 6.07) is 0. The molecule has 2 aromatic heterocycles. The molecule has 0 aliphatic heterocycles. The first-order valence-electron chi connectivity index (χ1n) is 9.43. The molecule has 160 valence electrons. The molecule has 0 radical (unpaired) electrons. The van der Waals surface area contributed by atoms with E-state index in [0.717, 1.165) is 36.1 Å². The topological polar surface area (TPSA) is 141 Å². The lowest BCUT2D eigenvalue weighted by Crippen LogP contribution is -2.23. The van der Waals surface area contributed by atoms with Crippen LogP contribution >= 0.6 is 11.3 Å². The number of thiophene rings is 1. The number of nitrogens with two attached hydrogens (primary N) is 1. The molecule has 2 heterocycles. The van der Waals surface area contributed by atoms with Crippen LogP contribution < -0.4 is 11.1 Å². The van der Waals surface area contributed by atoms with Crippen LogP contribution in [0.25, 0.3) is 0 Å². The highest BCUT2D eigenvalue weighted by atomic mass is 32.1. The third-order valence-corrected chi connectivity index (χ3v) is 6.24. The summed E-state index contributed by atoms with van der Waals surface area (Å²) < 4.78 is 9.79. The summed E-state index contributed by atoms with van der Waals surface area (Å²) in [4.78, 5) is 52.3. The minimum Gasteiger partial charge on any atom is -0.465 e. The molecule has 0 spiro atoms. The van der Waals surface area contributed by atoms with Crippen LogP contribution in [-0.2, 0) is 27.1 Å². The van der Waals surface area contributed by atoms with Crippen LogP contribution in [0.3, 0.4) is 0 Å². The zero-order valence-corrected chi connectivity index (χ0v) is 17.8. The van der Waals surface area contributed by atoms with E-state index in [1.807, 2.05) is 0 Å². The van der Waals surface area contributed by atoms with Gasteiger partial charge < -0.3 is 25.5 Å². The lowest BCUT2D eigenvalue weighted by atomic mass is 9.95. The van der Waals surface area contributed by atoms with E-state index >= 15 is 0 Å². The number of ether oxygens (including phenoxy) is 2. The zero-order valence-electron chi connectivity index (χ0n) is 17.0. The molecule has 0 fully saturated rings. The van der Waals surface area contributed by atoms with Gasteiger partial charge in [-0.2, -0.15) is 0 Å². The molecular formula is C20H23N3O6S. The molecule has 0 unspecified atom stereocenters. The SMILES string of the molecule is COC(=O)c1c(C)[nH]c(C(=O)OCC(=O)Nc2sc3c(c2C(N)=O)CCCC3)c1C. The molecule has 0 saturated heterocycles. The van der Waals surface area contributed by atoms with E-state index in [4.69, 9.17) is 15.2 Å². The van der Waals surface area contributed by atoms with E-state index in [2.05, 4.69) is 10.3 Å². The number of methoxy groups -OCH3 is 1. The van der Waals surface area contributed by atoms with Gasteiger partial charge in [-0.15, -0.1) is 11.3 Å². The fourth-order valence-electron chi connectivity index (χ4n) is 3.64. The molecule has 4 N–H and O–H groups in total. The maximum absolute atomic E-state index is 12.4. The number of hydrogen-bond acceptors (Lipinski definition) is 7. The van der Waals surface area contributed by atoms with Crippen molar-refractivity contribution in [3.63, 3.8) is 0 Å². The van der Waals surface area contributed by atoms with Crippen molar-refractivity contribution >= 4 is 40.1 Å². The van der Waals surface area contributed by atoms with Gasteiger partial charge in [-0.3, -0.25) is 9.59 Å². The average Bonchev–Trinajstić information content (AvgIpc) is 3.22. The van der Waals surface area contributed by atoms with E-state index in [9.17, 15) is 19.2 Å². The summed E-state index contributed by atoms with van der Waals surface area (Å²) in [5, 5.41) is 3.02. The van der Waals surface area contributed by atoms with Crippen LogP contribution in [0.1, 0.15) is 65.7 Å². The quantitative estimate of drug-likeness (QED) is 0.597. The first-order chi connectivity index (χ1) is 14.2. The molecule has 3 rings (SSSR count). The van der Waals surface area contributed by atoms with Crippen molar-refractivity contribution in [2.75, 3.05) is 19.0 Å². The van der Waals surface area contributed by atoms with Gasteiger partial charge in [-0.1, -0.05) is 0 Å². The Labute approximate surface area is 176 Å². The Bertz CT molecular complexity index is 1040. The summed E-state index contributed by atoms with van der Waals surface area (Å²) >= 11 is 1.33. The molecule has 9 nitrogen and oxygen atoms in total. The van der Waals surface area contributed by atoms with Crippen LogP contribution in [0.4, 0.5) is 5.00 Å². The molecule has 0 atom stereocenters. The monoisotopic (exact) mass is 433 g/mol. The summed E-state index contributed by atoms with van der Waals surface area (Å²) in [6.45, 7) is 2.67. The number of aryl methyl sites for hydroxylation is 2. The number of rotatable bonds is 6. The Morgan fingerprint density at radius 1 is 1.10 bits per heavy atom. The van der Waals surface area contributed by atoms with Gasteiger partial charge in [0.05, 0.1) is 18.2 Å². The highest BCUT2D eigenvalue weighted by Gasteiger charge is 2.26. The van der Waals surface area contributed by atoms with Crippen molar-refractivity contribution in [3.05, 3.63) is 38.5 Å². The van der Waals surface area contributed by atoms with Crippen LogP contribution in [0.15, 0.2) is 0 Å². The average molecular weight is 433 g/mol. The first-order valence-corrected chi connectivity index (χ1v) is 10.2. The van der Waals surface area contributed by atoms with Crippen molar-refractivity contribution in [1.82, 2.24) is 4.98 Å². The lowest BCUT2D eigenvalue weighted by Gasteiger charge is -2.11. The molecule has 1 aliphatic rings. The van der Waals surface area contributed by atoms with Gasteiger partial charge in [0.2, 0.25) is 0 Å². The number of H-pyrrole nitrogens is 1. The normalized spacial score (nSPS) is 12.8. The Hall–Kier alpha value is -3.14. The number of carbonyl (C=O) groups excluding carboxylic acids is 4. The number of carbonyl (C=O) groups is 4. The smallest absolute Gasteiger partial charge is 0.355 e. The fraction of sp³-hybridized carbons (Fsp3) is 0.400. The maximum atomic E-state index is 12.4. The molecule has 2 aromatic rings. The predicted molar refractivity (Wildman–Crippen MR) is 110 cm³/mol. The van der Waals surface area contributed by atoms with Gasteiger partial charge in [0, 0.05) is 10.6 Å². The van der Waals surface area contributed by atoms with Gasteiger partial charge in [-0.25, -0.2) is 9.59 Å². The second-order valence-electron chi connectivity index (χ2n) is 7.02. The molecule has 30 heavy (non-hydrogen) atoms. The third kappa shape index (κ3) is 4.09. The molecule has 0 aromatic carbocycles. The zero-order chi connectivity index (χ0) is 22.0. The maximum Gasteiger partial charge on any atom is 0.355 e. The van der Waals surface area contributed by atoms with Crippen LogP contribution in [0, 0.1) is 13.8 Å². The molecule has 10 heteroatoms. The standard InChI is InChI=1S/C20H23N3O6S/c1-9-14(19(26)28-3)10(2)22-16(9)20(27)29-8-13(24)23-18-15(17(21)25)11-6-4-5-7-12(11)30-18/h22H,4-8H2,1-3H3,(H2,21,25)(H,23,24). The van der Waals surface area contributed by atoms with Crippen LogP contribution in [0.5, 0.6) is 0 Å². The van der Waals surface area contributed by atoms with Crippen LogP contribution in [-0.4, -0.2) is 42.5 Å². The van der Waals surface area contributed by atoms with E-state index in [1.54, 1.807) is 13.8 Å². The highest BCUT2D eigenvalue weighted by Crippen LogP contribution is 2.37. The Balaban J connectivity index is 1.69. The van der Waals surface area contributed by atoms with E-state index in [-0.39, 0.29) is 11.3 Å². The molecule has 1 aliphatic carbocycles. The van der Waals surface area contributed by atoms with Crippen LogP contribution in [0.2, 0.25) is 0 Å². The summed E-state index contributed by atoms with van der Waals surface area (Å²) in [5.41, 5.74) is 7.93. The number of amides is 2. The number of esters is 2. The lowest BCUT2D eigenvalue weighted by molar-refractivity contribution is -0.119. The van der Waals surface area contributed by atoms with Crippen molar-refractivity contribution in [2.45, 2.75) is 39.5 Å². The summed E-state index contributed by atoms with van der Waals surface area (Å²) in [5.74, 6) is -2.52. The second kappa shape index (κ2) is 8.70. The van der Waals surface area contributed by atoms with E-state index in [0.29, 0.717) is 21.8 Å². The molecule has 2 amide bonds. The molecular weight excluding hydrogens is 410 g/mol. The predicted octanol–water partition coefficient (Wildman–Crippen LogP) is 2.25. The number of hydrogen-bond donors (Lipinski definition) is 3. The van der Waals surface area contributed by atoms with Crippen molar-refractivity contribution in [1.29, 1.82) is 0 Å². The molecule has 0 bridgehead atoms. The summed E-state index contributed by atoms with van der Waals surface area (Å²) in [7, 11) is 1.25. The van der Waals surface area contributed by atoms with Gasteiger partial charge in [-0.05, 0) is 50.7 Å². The largest absolute Gasteiger partial charge is 0.465 e. The Morgan fingerprint density at radius 2 is 1.80 bits per heavy atom. The van der Waals surface area contributed by atoms with Gasteiger partial charge in [0.25, 0.3) is 11.8 Å². The number of aromatic nitrogens is 1. The number of aromatic amines is 1. The van der Waals surface area contributed by atoms with Gasteiger partial charge in [0.1, 0.15) is 10.7 Å². The minimum absolute atomic E-state index is 0.0742. The number of anilines is 1. The minimum atomic E-state index is -0.776. The van der Waals surface area contributed by atoms with E-state index in [1.165, 1.54) is 18.4 Å². The Kier molecular flexibility index (Phi) is 6.25. The third-order valence-electron chi connectivity index (χ3n) is 5.04.